The summed E-state index contributed by atoms with van der Waals surface area (Å²) in [5, 5.41) is 0. The maximum Gasteiger partial charge on any atom is 0.232 e. The second-order valence-electron chi connectivity index (χ2n) is 2.06. The molecular weight excluding hydrogens is 311 g/mol. The highest BCUT2D eigenvalue weighted by Gasteiger charge is 2.11. The molecule has 0 aliphatic heterocycles. The molecule has 0 bridgehead atoms. The van der Waals surface area contributed by atoms with E-state index in [1.807, 2.05) is 0 Å². The van der Waals surface area contributed by atoms with Crippen molar-refractivity contribution in [3.63, 3.8) is 0 Å². The SMILES string of the molecule is CNNc1cc(F)c(SI)c(F)n1. The number of nitrogens with zero attached hydrogens (tertiary/aromatic N) is 1. The molecule has 0 spiro atoms. The van der Waals surface area contributed by atoms with Crippen molar-refractivity contribution >= 4 is 36.0 Å². The minimum absolute atomic E-state index is 0.0812. The summed E-state index contributed by atoms with van der Waals surface area (Å²) in [7, 11) is 2.54. The summed E-state index contributed by atoms with van der Waals surface area (Å²) in [5.74, 6) is -1.31. The fourth-order valence-electron chi connectivity index (χ4n) is 0.734. The average molecular weight is 317 g/mol. The van der Waals surface area contributed by atoms with Gasteiger partial charge in [0, 0.05) is 34.3 Å². The number of hydrazine groups is 1. The number of nitrogens with one attached hydrogen (secondary N) is 2. The van der Waals surface area contributed by atoms with Gasteiger partial charge in [0.2, 0.25) is 5.95 Å². The first-order chi connectivity index (χ1) is 6.19. The lowest BCUT2D eigenvalue weighted by Crippen LogP contribution is -2.16. The van der Waals surface area contributed by atoms with Gasteiger partial charge in [-0.15, -0.1) is 0 Å². The van der Waals surface area contributed by atoms with Gasteiger partial charge in [-0.1, -0.05) is 0 Å². The van der Waals surface area contributed by atoms with Crippen LogP contribution in [0.2, 0.25) is 0 Å². The van der Waals surface area contributed by atoms with Crippen LogP contribution >= 0.6 is 30.1 Å². The molecule has 13 heavy (non-hydrogen) atoms. The lowest BCUT2D eigenvalue weighted by atomic mass is 10.4. The molecule has 1 rings (SSSR count). The predicted octanol–water partition coefficient (Wildman–Crippen LogP) is 2.35. The van der Waals surface area contributed by atoms with Crippen LogP contribution in [-0.4, -0.2) is 12.0 Å². The molecule has 0 saturated carbocycles. The second kappa shape index (κ2) is 4.91. The number of halogens is 3. The lowest BCUT2D eigenvalue weighted by Gasteiger charge is -2.05. The van der Waals surface area contributed by atoms with Gasteiger partial charge >= 0.3 is 0 Å². The molecule has 0 radical (unpaired) electrons. The minimum atomic E-state index is -0.808. The molecule has 72 valence electrons. The van der Waals surface area contributed by atoms with E-state index >= 15 is 0 Å². The van der Waals surface area contributed by atoms with Crippen LogP contribution in [0.1, 0.15) is 0 Å². The predicted molar refractivity (Wildman–Crippen MR) is 56.7 cm³/mol. The van der Waals surface area contributed by atoms with E-state index in [9.17, 15) is 8.78 Å². The first-order valence-corrected chi connectivity index (χ1v) is 6.62. The molecule has 0 atom stereocenters. The fourth-order valence-corrected chi connectivity index (χ4v) is 2.15. The zero-order valence-electron chi connectivity index (χ0n) is 6.57. The second-order valence-corrected chi connectivity index (χ2v) is 3.95. The summed E-state index contributed by atoms with van der Waals surface area (Å²) in [6.45, 7) is 0. The Morgan fingerprint density at radius 2 is 2.23 bits per heavy atom. The normalized spacial score (nSPS) is 10.2. The molecule has 0 amide bonds. The molecule has 1 heterocycles. The fraction of sp³-hybridized carbons (Fsp3) is 0.167. The molecule has 0 unspecified atom stereocenters. The van der Waals surface area contributed by atoms with Crippen LogP contribution in [0.4, 0.5) is 14.6 Å². The van der Waals surface area contributed by atoms with Crippen molar-refractivity contribution in [3.8, 4) is 0 Å². The van der Waals surface area contributed by atoms with Crippen LogP contribution in [0.5, 0.6) is 0 Å². The molecule has 0 aromatic carbocycles. The highest BCUT2D eigenvalue weighted by molar-refractivity contribution is 14.2. The summed E-state index contributed by atoms with van der Waals surface area (Å²) in [6.07, 6.45) is 0. The van der Waals surface area contributed by atoms with Crippen LogP contribution < -0.4 is 10.9 Å². The Kier molecular flexibility index (Phi) is 4.13. The molecule has 0 aliphatic rings. The summed E-state index contributed by atoms with van der Waals surface area (Å²) in [4.78, 5) is 3.41. The van der Waals surface area contributed by atoms with E-state index in [0.29, 0.717) is 0 Å². The van der Waals surface area contributed by atoms with Crippen LogP contribution in [0.15, 0.2) is 11.0 Å². The molecule has 3 nitrogen and oxygen atoms in total. The monoisotopic (exact) mass is 317 g/mol. The molecule has 1 aromatic rings. The molecule has 0 fully saturated rings. The summed E-state index contributed by atoms with van der Waals surface area (Å²) < 4.78 is 26.1. The molecular formula is C6H6F2IN3S. The topological polar surface area (TPSA) is 37.0 Å². The number of anilines is 1. The Bertz CT molecular complexity index is 287. The largest absolute Gasteiger partial charge is 0.306 e. The Morgan fingerprint density at radius 1 is 1.54 bits per heavy atom. The van der Waals surface area contributed by atoms with Gasteiger partial charge in [0.05, 0.1) is 0 Å². The minimum Gasteiger partial charge on any atom is -0.306 e. The number of pyridine rings is 1. The third-order valence-corrected chi connectivity index (χ3v) is 3.06. The number of aromatic nitrogens is 1. The summed E-state index contributed by atoms with van der Waals surface area (Å²) in [5.41, 5.74) is 5.01. The average Bonchev–Trinajstić information content (AvgIpc) is 2.04. The molecule has 7 heteroatoms. The number of rotatable bonds is 3. The highest BCUT2D eigenvalue weighted by Crippen LogP contribution is 2.30. The first kappa shape index (κ1) is 10.9. The first-order valence-electron chi connectivity index (χ1n) is 3.26. The van der Waals surface area contributed by atoms with Gasteiger partial charge in [0.25, 0.3) is 0 Å². The van der Waals surface area contributed by atoms with Crippen LogP contribution in [0.3, 0.4) is 0 Å². The van der Waals surface area contributed by atoms with E-state index < -0.39 is 11.8 Å². The van der Waals surface area contributed by atoms with Crippen LogP contribution in [0, 0.1) is 11.8 Å². The van der Waals surface area contributed by atoms with E-state index in [-0.39, 0.29) is 10.7 Å². The maximum atomic E-state index is 13.1. The Morgan fingerprint density at radius 3 is 2.69 bits per heavy atom. The van der Waals surface area contributed by atoms with E-state index in [1.54, 1.807) is 28.3 Å². The molecule has 0 aliphatic carbocycles. The zero-order valence-corrected chi connectivity index (χ0v) is 9.54. The van der Waals surface area contributed by atoms with E-state index in [1.165, 1.54) is 0 Å². The Balaban J connectivity index is 3.05. The number of hydrogen-bond donors (Lipinski definition) is 2. The summed E-state index contributed by atoms with van der Waals surface area (Å²) >= 11 is 1.80. The third kappa shape index (κ3) is 2.64. The van der Waals surface area contributed by atoms with Crippen molar-refractivity contribution in [1.29, 1.82) is 0 Å². The Labute approximate surface area is 90.2 Å². The van der Waals surface area contributed by atoms with Gasteiger partial charge in [0.1, 0.15) is 16.5 Å². The summed E-state index contributed by atoms with van der Waals surface area (Å²) in [6, 6.07) is 1.13. The van der Waals surface area contributed by atoms with Crippen molar-refractivity contribution in [2.45, 2.75) is 4.90 Å². The molecule has 1 aromatic heterocycles. The highest BCUT2D eigenvalue weighted by atomic mass is 127. The lowest BCUT2D eigenvalue weighted by molar-refractivity contribution is 0.512. The maximum absolute atomic E-state index is 13.1. The Hall–Kier alpha value is -0.150. The van der Waals surface area contributed by atoms with Crippen LogP contribution in [0.25, 0.3) is 0 Å². The van der Waals surface area contributed by atoms with Crippen molar-refractivity contribution in [1.82, 2.24) is 10.4 Å². The third-order valence-electron chi connectivity index (χ3n) is 1.22. The van der Waals surface area contributed by atoms with E-state index in [0.717, 1.165) is 15.0 Å². The van der Waals surface area contributed by atoms with Crippen molar-refractivity contribution in [2.75, 3.05) is 12.5 Å². The van der Waals surface area contributed by atoms with Gasteiger partial charge in [0.15, 0.2) is 0 Å². The van der Waals surface area contributed by atoms with Crippen molar-refractivity contribution in [2.24, 2.45) is 0 Å². The van der Waals surface area contributed by atoms with Gasteiger partial charge in [-0.2, -0.15) is 4.39 Å². The number of hydrogen-bond acceptors (Lipinski definition) is 4. The van der Waals surface area contributed by atoms with Crippen molar-refractivity contribution < 1.29 is 8.78 Å². The molecule has 2 N–H and O–H groups in total. The van der Waals surface area contributed by atoms with E-state index in [4.69, 9.17) is 0 Å². The van der Waals surface area contributed by atoms with Crippen LogP contribution in [-0.2, 0) is 0 Å². The van der Waals surface area contributed by atoms with Crippen molar-refractivity contribution in [3.05, 3.63) is 17.8 Å². The van der Waals surface area contributed by atoms with Gasteiger partial charge in [-0.25, -0.2) is 14.8 Å². The quantitative estimate of drug-likeness (QED) is 0.510. The standard InChI is InChI=1S/C6H6F2IN3S/c1-10-12-4-2-3(7)5(13-9)6(8)11-4/h2,10H,1H3,(H,11,12). The smallest absolute Gasteiger partial charge is 0.232 e. The zero-order chi connectivity index (χ0) is 9.84. The van der Waals surface area contributed by atoms with Gasteiger partial charge in [-0.3, -0.25) is 0 Å². The van der Waals surface area contributed by atoms with Gasteiger partial charge < -0.3 is 5.43 Å². The van der Waals surface area contributed by atoms with Gasteiger partial charge in [-0.05, 0) is 8.93 Å². The molecule has 0 saturated heterocycles. The van der Waals surface area contributed by atoms with E-state index in [2.05, 4.69) is 15.8 Å².